The smallest absolute Gasteiger partial charge is 0.255 e. The predicted molar refractivity (Wildman–Crippen MR) is 68.6 cm³/mol. The summed E-state index contributed by atoms with van der Waals surface area (Å²) in [5.74, 6) is -0.155. The highest BCUT2D eigenvalue weighted by atomic mass is 16.4. The van der Waals surface area contributed by atoms with E-state index in [0.717, 1.165) is 12.0 Å². The van der Waals surface area contributed by atoms with Crippen LogP contribution < -0.4 is 5.73 Å². The molecule has 0 saturated carbocycles. The standard InChI is InChI=1S/C12H18N4O2/c1-3-4-16(8-11(13)15-18)12(17)10-5-9(2)6-14-7-10/h5-7,18H,3-4,8H2,1-2H3,(H2,13,15). The van der Waals surface area contributed by atoms with Gasteiger partial charge >= 0.3 is 0 Å². The van der Waals surface area contributed by atoms with Gasteiger partial charge in [0.25, 0.3) is 5.91 Å². The van der Waals surface area contributed by atoms with E-state index in [1.807, 2.05) is 13.8 Å². The summed E-state index contributed by atoms with van der Waals surface area (Å²) in [5, 5.41) is 11.5. The molecule has 6 nitrogen and oxygen atoms in total. The normalized spacial score (nSPS) is 11.3. The molecule has 1 heterocycles. The first-order chi connectivity index (χ1) is 8.58. The molecule has 1 amide bonds. The van der Waals surface area contributed by atoms with Crippen molar-refractivity contribution in [2.45, 2.75) is 20.3 Å². The minimum Gasteiger partial charge on any atom is -0.409 e. The highest BCUT2D eigenvalue weighted by Crippen LogP contribution is 2.06. The molecule has 0 aliphatic rings. The highest BCUT2D eigenvalue weighted by molar-refractivity contribution is 5.96. The van der Waals surface area contributed by atoms with E-state index in [-0.39, 0.29) is 18.3 Å². The Hall–Kier alpha value is -2.11. The SMILES string of the molecule is CCCN(CC(N)=NO)C(=O)c1cncc(C)c1. The third kappa shape index (κ3) is 3.73. The van der Waals surface area contributed by atoms with Crippen molar-refractivity contribution in [2.75, 3.05) is 13.1 Å². The summed E-state index contributed by atoms with van der Waals surface area (Å²) in [5.41, 5.74) is 6.87. The molecule has 0 spiro atoms. The summed E-state index contributed by atoms with van der Waals surface area (Å²) in [4.78, 5) is 17.8. The van der Waals surface area contributed by atoms with Gasteiger partial charge in [0.05, 0.1) is 12.1 Å². The van der Waals surface area contributed by atoms with Crippen molar-refractivity contribution in [1.29, 1.82) is 0 Å². The number of carbonyl (C=O) groups is 1. The number of pyridine rings is 1. The van der Waals surface area contributed by atoms with E-state index < -0.39 is 0 Å². The molecule has 0 aliphatic carbocycles. The van der Waals surface area contributed by atoms with E-state index in [4.69, 9.17) is 10.9 Å². The lowest BCUT2D eigenvalue weighted by atomic mass is 10.2. The van der Waals surface area contributed by atoms with Crippen molar-refractivity contribution in [2.24, 2.45) is 10.9 Å². The molecule has 1 aromatic rings. The van der Waals surface area contributed by atoms with Crippen LogP contribution in [0.2, 0.25) is 0 Å². The van der Waals surface area contributed by atoms with Crippen LogP contribution in [0.25, 0.3) is 0 Å². The van der Waals surface area contributed by atoms with Gasteiger partial charge in [0, 0.05) is 18.9 Å². The second kappa shape index (κ2) is 6.58. The van der Waals surface area contributed by atoms with Gasteiger partial charge in [0.1, 0.15) is 0 Å². The van der Waals surface area contributed by atoms with E-state index in [1.54, 1.807) is 12.3 Å². The molecule has 0 aliphatic heterocycles. The second-order valence-corrected chi connectivity index (χ2v) is 4.07. The number of hydrogen-bond acceptors (Lipinski definition) is 4. The third-order valence-corrected chi connectivity index (χ3v) is 2.38. The number of carbonyl (C=O) groups excluding carboxylic acids is 1. The van der Waals surface area contributed by atoms with Crippen LogP contribution in [-0.4, -0.2) is 39.9 Å². The van der Waals surface area contributed by atoms with Gasteiger partial charge in [-0.1, -0.05) is 12.1 Å². The first kappa shape index (κ1) is 14.0. The van der Waals surface area contributed by atoms with Crippen molar-refractivity contribution >= 4 is 11.7 Å². The lowest BCUT2D eigenvalue weighted by molar-refractivity contribution is 0.0777. The zero-order valence-corrected chi connectivity index (χ0v) is 10.6. The molecular formula is C12H18N4O2. The molecule has 18 heavy (non-hydrogen) atoms. The fourth-order valence-electron chi connectivity index (χ4n) is 1.60. The monoisotopic (exact) mass is 250 g/mol. The van der Waals surface area contributed by atoms with Crippen LogP contribution in [0.3, 0.4) is 0 Å². The molecule has 6 heteroatoms. The van der Waals surface area contributed by atoms with Crippen LogP contribution in [0.4, 0.5) is 0 Å². The van der Waals surface area contributed by atoms with Gasteiger partial charge < -0.3 is 15.8 Å². The fourth-order valence-corrected chi connectivity index (χ4v) is 1.60. The topological polar surface area (TPSA) is 91.8 Å². The Morgan fingerprint density at radius 2 is 2.28 bits per heavy atom. The minimum absolute atomic E-state index is 0.0115. The van der Waals surface area contributed by atoms with Crippen LogP contribution in [0.15, 0.2) is 23.6 Å². The zero-order chi connectivity index (χ0) is 13.5. The lowest BCUT2D eigenvalue weighted by Crippen LogP contribution is -2.39. The number of nitrogens with zero attached hydrogens (tertiary/aromatic N) is 3. The second-order valence-electron chi connectivity index (χ2n) is 4.07. The number of amides is 1. The average molecular weight is 250 g/mol. The molecule has 0 unspecified atom stereocenters. The summed E-state index contributed by atoms with van der Waals surface area (Å²) in [6.07, 6.45) is 4.00. The Balaban J connectivity index is 2.88. The van der Waals surface area contributed by atoms with Crippen molar-refractivity contribution in [3.8, 4) is 0 Å². The quantitative estimate of drug-likeness (QED) is 0.353. The van der Waals surface area contributed by atoms with Gasteiger partial charge in [0.15, 0.2) is 5.84 Å². The number of amidine groups is 1. The van der Waals surface area contributed by atoms with E-state index in [2.05, 4.69) is 10.1 Å². The van der Waals surface area contributed by atoms with Crippen LogP contribution in [-0.2, 0) is 0 Å². The molecule has 0 fully saturated rings. The van der Waals surface area contributed by atoms with E-state index in [0.29, 0.717) is 12.1 Å². The third-order valence-electron chi connectivity index (χ3n) is 2.38. The summed E-state index contributed by atoms with van der Waals surface area (Å²) in [6, 6.07) is 1.77. The van der Waals surface area contributed by atoms with Crippen molar-refractivity contribution in [3.63, 3.8) is 0 Å². The van der Waals surface area contributed by atoms with Gasteiger partial charge in [0.2, 0.25) is 0 Å². The Morgan fingerprint density at radius 1 is 1.56 bits per heavy atom. The van der Waals surface area contributed by atoms with Crippen LogP contribution in [0, 0.1) is 6.92 Å². The average Bonchev–Trinajstić information content (AvgIpc) is 2.37. The van der Waals surface area contributed by atoms with Gasteiger partial charge in [-0.2, -0.15) is 0 Å². The largest absolute Gasteiger partial charge is 0.409 e. The van der Waals surface area contributed by atoms with Crippen molar-refractivity contribution in [1.82, 2.24) is 9.88 Å². The summed E-state index contributed by atoms with van der Waals surface area (Å²) in [6.45, 7) is 4.48. The van der Waals surface area contributed by atoms with E-state index >= 15 is 0 Å². The van der Waals surface area contributed by atoms with E-state index in [9.17, 15) is 4.79 Å². The number of aromatic nitrogens is 1. The Morgan fingerprint density at radius 3 is 2.83 bits per heavy atom. The zero-order valence-electron chi connectivity index (χ0n) is 10.6. The van der Waals surface area contributed by atoms with Gasteiger partial charge in [-0.25, -0.2) is 0 Å². The van der Waals surface area contributed by atoms with Crippen LogP contribution in [0.1, 0.15) is 29.3 Å². The molecule has 3 N–H and O–H groups in total. The maximum atomic E-state index is 12.2. The molecule has 98 valence electrons. The summed E-state index contributed by atoms with van der Waals surface area (Å²) < 4.78 is 0. The van der Waals surface area contributed by atoms with Crippen LogP contribution >= 0.6 is 0 Å². The number of hydrogen-bond donors (Lipinski definition) is 2. The molecule has 0 bridgehead atoms. The number of nitrogens with two attached hydrogens (primary N) is 1. The predicted octanol–water partition coefficient (Wildman–Crippen LogP) is 0.989. The molecule has 1 rings (SSSR count). The Labute approximate surface area is 106 Å². The maximum absolute atomic E-state index is 12.2. The van der Waals surface area contributed by atoms with Gasteiger partial charge in [-0.05, 0) is 25.0 Å². The molecule has 0 aromatic carbocycles. The fraction of sp³-hybridized carbons (Fsp3) is 0.417. The minimum atomic E-state index is -0.167. The molecule has 0 radical (unpaired) electrons. The number of rotatable bonds is 5. The Kier molecular flexibility index (Phi) is 5.10. The highest BCUT2D eigenvalue weighted by Gasteiger charge is 2.16. The van der Waals surface area contributed by atoms with E-state index in [1.165, 1.54) is 11.1 Å². The maximum Gasteiger partial charge on any atom is 0.255 e. The molecule has 1 aromatic heterocycles. The summed E-state index contributed by atoms with van der Waals surface area (Å²) in [7, 11) is 0. The van der Waals surface area contributed by atoms with Gasteiger partial charge in [-0.3, -0.25) is 9.78 Å². The number of aryl methyl sites for hydroxylation is 1. The number of oxime groups is 1. The first-order valence-electron chi connectivity index (χ1n) is 5.75. The Bertz CT molecular complexity index is 445. The lowest BCUT2D eigenvalue weighted by Gasteiger charge is -2.21. The first-order valence-corrected chi connectivity index (χ1v) is 5.75. The van der Waals surface area contributed by atoms with Crippen molar-refractivity contribution in [3.05, 3.63) is 29.6 Å². The molecule has 0 atom stereocenters. The molecule has 0 saturated heterocycles. The summed E-state index contributed by atoms with van der Waals surface area (Å²) >= 11 is 0. The van der Waals surface area contributed by atoms with Crippen molar-refractivity contribution < 1.29 is 10.0 Å². The molecular weight excluding hydrogens is 232 g/mol. The van der Waals surface area contributed by atoms with Crippen LogP contribution in [0.5, 0.6) is 0 Å². The van der Waals surface area contributed by atoms with Gasteiger partial charge in [-0.15, -0.1) is 0 Å².